The maximum absolute atomic E-state index is 13.2. The third-order valence-corrected chi connectivity index (χ3v) is 4.23. The van der Waals surface area contributed by atoms with Crippen LogP contribution < -0.4 is 0 Å². The number of methoxy groups -OCH3 is 1. The van der Waals surface area contributed by atoms with Gasteiger partial charge in [-0.05, 0) is 38.5 Å². The zero-order chi connectivity index (χ0) is 14.6. The van der Waals surface area contributed by atoms with Gasteiger partial charge in [0, 0.05) is 17.8 Å². The molecule has 4 nitrogen and oxygen atoms in total. The first-order chi connectivity index (χ1) is 8.76. The van der Waals surface area contributed by atoms with Crippen molar-refractivity contribution in [1.82, 2.24) is 0 Å². The normalized spacial score (nSPS) is 13.3. The number of carboxylic acids is 1. The van der Waals surface area contributed by atoms with Gasteiger partial charge in [0.25, 0.3) is 0 Å². The van der Waals surface area contributed by atoms with Crippen molar-refractivity contribution in [2.45, 2.75) is 30.8 Å². The Bertz CT molecular complexity index is 499. The van der Waals surface area contributed by atoms with Crippen LogP contribution in [0.2, 0.25) is 0 Å². The fraction of sp³-hybridized carbons (Fsp3) is 0.462. The lowest BCUT2D eigenvalue weighted by atomic mass is 10.1. The molecule has 1 N–H and O–H groups in total. The maximum Gasteiger partial charge on any atom is 0.338 e. The third kappa shape index (κ3) is 4.40. The second-order valence-corrected chi connectivity index (χ2v) is 6.28. The zero-order valence-electron chi connectivity index (χ0n) is 11.1. The lowest BCUT2D eigenvalue weighted by molar-refractivity contribution is 0.0205. The number of carboxylic acid groups (broad SMARTS) is 1. The first kappa shape index (κ1) is 15.8. The third-order valence-electron chi connectivity index (χ3n) is 2.87. The predicted octanol–water partition coefficient (Wildman–Crippen LogP) is 2.45. The molecular formula is C13H17FO4S. The van der Waals surface area contributed by atoms with E-state index in [2.05, 4.69) is 0 Å². The van der Waals surface area contributed by atoms with Gasteiger partial charge >= 0.3 is 5.97 Å². The molecule has 106 valence electrons. The summed E-state index contributed by atoms with van der Waals surface area (Å²) in [6.45, 7) is 3.75. The van der Waals surface area contributed by atoms with Gasteiger partial charge < -0.3 is 9.84 Å². The standard InChI is InChI=1S/C13H17FO4S/c1-13(2,18-3)6-7-19(17)9-4-5-11(14)10(8-9)12(15)16/h4-5,8H,6-7H2,1-3H3,(H,15,16). The Labute approximate surface area is 114 Å². The summed E-state index contributed by atoms with van der Waals surface area (Å²) in [5.41, 5.74) is -0.859. The molecule has 0 aliphatic carbocycles. The van der Waals surface area contributed by atoms with Crippen molar-refractivity contribution in [2.24, 2.45) is 0 Å². The van der Waals surface area contributed by atoms with Crippen molar-refractivity contribution in [1.29, 1.82) is 0 Å². The molecule has 1 rings (SSSR count). The largest absolute Gasteiger partial charge is 0.478 e. The van der Waals surface area contributed by atoms with Crippen molar-refractivity contribution in [3.8, 4) is 0 Å². The second kappa shape index (κ2) is 6.25. The van der Waals surface area contributed by atoms with E-state index in [-0.39, 0.29) is 0 Å². The smallest absolute Gasteiger partial charge is 0.338 e. The van der Waals surface area contributed by atoms with Crippen molar-refractivity contribution in [2.75, 3.05) is 12.9 Å². The molecular weight excluding hydrogens is 271 g/mol. The molecule has 0 saturated carbocycles. The van der Waals surface area contributed by atoms with Gasteiger partial charge in [-0.3, -0.25) is 4.21 Å². The van der Waals surface area contributed by atoms with E-state index in [4.69, 9.17) is 9.84 Å². The van der Waals surface area contributed by atoms with Crippen LogP contribution in [0, 0.1) is 5.82 Å². The van der Waals surface area contributed by atoms with Crippen LogP contribution in [-0.4, -0.2) is 33.7 Å². The zero-order valence-corrected chi connectivity index (χ0v) is 11.9. The summed E-state index contributed by atoms with van der Waals surface area (Å²) in [5.74, 6) is -1.87. The maximum atomic E-state index is 13.2. The van der Waals surface area contributed by atoms with E-state index in [1.807, 2.05) is 13.8 Å². The number of aromatic carboxylic acids is 1. The first-order valence-corrected chi connectivity index (χ1v) is 7.05. The molecule has 0 heterocycles. The van der Waals surface area contributed by atoms with E-state index in [1.165, 1.54) is 6.07 Å². The minimum Gasteiger partial charge on any atom is -0.478 e. The van der Waals surface area contributed by atoms with E-state index in [0.717, 1.165) is 12.1 Å². The molecule has 1 atom stereocenters. The summed E-state index contributed by atoms with van der Waals surface area (Å²) in [4.78, 5) is 11.1. The Balaban J connectivity index is 2.84. The highest BCUT2D eigenvalue weighted by molar-refractivity contribution is 7.85. The molecule has 0 bridgehead atoms. The fourth-order valence-corrected chi connectivity index (χ4v) is 2.75. The van der Waals surface area contributed by atoms with Crippen LogP contribution >= 0.6 is 0 Å². The highest BCUT2D eigenvalue weighted by atomic mass is 32.2. The van der Waals surface area contributed by atoms with E-state index < -0.39 is 33.8 Å². The molecule has 0 radical (unpaired) electrons. The van der Waals surface area contributed by atoms with E-state index in [0.29, 0.717) is 17.1 Å². The van der Waals surface area contributed by atoms with Crippen LogP contribution in [0.25, 0.3) is 0 Å². The number of carbonyl (C=O) groups is 1. The molecule has 0 fully saturated rings. The molecule has 19 heavy (non-hydrogen) atoms. The van der Waals surface area contributed by atoms with Crippen molar-refractivity contribution >= 4 is 16.8 Å². The average molecular weight is 288 g/mol. The summed E-state index contributed by atoms with van der Waals surface area (Å²) in [5, 5.41) is 8.81. The number of halogens is 1. The van der Waals surface area contributed by atoms with Crippen LogP contribution in [0.5, 0.6) is 0 Å². The van der Waals surface area contributed by atoms with Gasteiger partial charge in [-0.2, -0.15) is 0 Å². The Morgan fingerprint density at radius 3 is 2.63 bits per heavy atom. The summed E-state index contributed by atoms with van der Waals surface area (Å²) in [7, 11) is 0.196. The molecule has 0 spiro atoms. The van der Waals surface area contributed by atoms with E-state index >= 15 is 0 Å². The van der Waals surface area contributed by atoms with Gasteiger partial charge in [-0.15, -0.1) is 0 Å². The van der Waals surface area contributed by atoms with Crippen LogP contribution in [-0.2, 0) is 15.5 Å². The highest BCUT2D eigenvalue weighted by Gasteiger charge is 2.19. The van der Waals surface area contributed by atoms with E-state index in [1.54, 1.807) is 7.11 Å². The summed E-state index contributed by atoms with van der Waals surface area (Å²) in [6.07, 6.45) is 0.551. The number of hydrogen-bond donors (Lipinski definition) is 1. The van der Waals surface area contributed by atoms with Gasteiger partial charge in [0.1, 0.15) is 5.82 Å². The molecule has 0 aliphatic rings. The van der Waals surface area contributed by atoms with Crippen LogP contribution in [0.4, 0.5) is 4.39 Å². The Hall–Kier alpha value is -1.27. The van der Waals surface area contributed by atoms with Crippen LogP contribution in [0.15, 0.2) is 23.1 Å². The van der Waals surface area contributed by atoms with E-state index in [9.17, 15) is 13.4 Å². The molecule has 0 saturated heterocycles. The molecule has 0 aliphatic heterocycles. The molecule has 0 amide bonds. The Morgan fingerprint density at radius 1 is 1.47 bits per heavy atom. The molecule has 1 unspecified atom stereocenters. The van der Waals surface area contributed by atoms with Crippen molar-refractivity contribution in [3.05, 3.63) is 29.6 Å². The molecule has 6 heteroatoms. The molecule has 0 aromatic heterocycles. The van der Waals surface area contributed by atoms with Gasteiger partial charge in [0.15, 0.2) is 0 Å². The number of ether oxygens (including phenoxy) is 1. The molecule has 1 aromatic carbocycles. The minimum atomic E-state index is -1.38. The number of hydrogen-bond acceptors (Lipinski definition) is 3. The molecule has 1 aromatic rings. The Morgan fingerprint density at radius 2 is 2.11 bits per heavy atom. The quantitative estimate of drug-likeness (QED) is 0.873. The van der Waals surface area contributed by atoms with Gasteiger partial charge in [0.05, 0.1) is 22.0 Å². The topological polar surface area (TPSA) is 63.6 Å². The van der Waals surface area contributed by atoms with Crippen LogP contribution in [0.3, 0.4) is 0 Å². The number of benzene rings is 1. The first-order valence-electron chi connectivity index (χ1n) is 5.73. The van der Waals surface area contributed by atoms with Gasteiger partial charge in [-0.1, -0.05) is 0 Å². The second-order valence-electron chi connectivity index (χ2n) is 4.71. The lowest BCUT2D eigenvalue weighted by Crippen LogP contribution is -2.24. The fourth-order valence-electron chi connectivity index (χ4n) is 1.37. The monoisotopic (exact) mass is 288 g/mol. The lowest BCUT2D eigenvalue weighted by Gasteiger charge is -2.22. The van der Waals surface area contributed by atoms with Crippen LogP contribution in [0.1, 0.15) is 30.6 Å². The number of rotatable bonds is 6. The van der Waals surface area contributed by atoms with Crippen molar-refractivity contribution < 1.29 is 23.2 Å². The minimum absolute atomic E-state index is 0.311. The predicted molar refractivity (Wildman–Crippen MR) is 70.3 cm³/mol. The van der Waals surface area contributed by atoms with Crippen molar-refractivity contribution in [3.63, 3.8) is 0 Å². The Kier molecular flexibility index (Phi) is 5.20. The SMILES string of the molecule is COC(C)(C)CCS(=O)c1ccc(F)c(C(=O)O)c1. The summed E-state index contributed by atoms with van der Waals surface area (Å²) in [6, 6.07) is 3.49. The van der Waals surface area contributed by atoms with Gasteiger partial charge in [0.2, 0.25) is 0 Å². The van der Waals surface area contributed by atoms with Gasteiger partial charge in [-0.25, -0.2) is 9.18 Å². The highest BCUT2D eigenvalue weighted by Crippen LogP contribution is 2.18. The average Bonchev–Trinajstić information content (AvgIpc) is 2.36. The summed E-state index contributed by atoms with van der Waals surface area (Å²) >= 11 is 0. The summed E-state index contributed by atoms with van der Waals surface area (Å²) < 4.78 is 30.5.